The fourth-order valence-electron chi connectivity index (χ4n) is 2.40. The van der Waals surface area contributed by atoms with E-state index in [4.69, 9.17) is 5.11 Å². The highest BCUT2D eigenvalue weighted by Gasteiger charge is 2.07. The number of unbranched alkanes of at least 4 members (excludes halogenated alkanes) is 9. The van der Waals surface area contributed by atoms with Crippen molar-refractivity contribution in [1.82, 2.24) is 0 Å². The number of aliphatic hydroxyl groups excluding tert-OH is 1. The molecule has 0 aromatic rings. The van der Waals surface area contributed by atoms with E-state index in [0.717, 1.165) is 12.8 Å². The number of aliphatic hydroxyl groups is 1. The van der Waals surface area contributed by atoms with E-state index in [9.17, 15) is 9.90 Å². The molecule has 0 aliphatic rings. The first-order valence-electron chi connectivity index (χ1n) is 8.71. The minimum atomic E-state index is -0.929. The van der Waals surface area contributed by atoms with Crippen molar-refractivity contribution in [2.45, 2.75) is 96.5 Å². The van der Waals surface area contributed by atoms with Crippen LogP contribution in [0.5, 0.6) is 0 Å². The number of aliphatic carboxylic acids is 1. The van der Waals surface area contributed by atoms with Crippen molar-refractivity contribution in [2.24, 2.45) is 0 Å². The molecular weight excluding hydrogens is 264 g/mol. The van der Waals surface area contributed by atoms with Gasteiger partial charge in [-0.3, -0.25) is 4.79 Å². The van der Waals surface area contributed by atoms with E-state index in [2.05, 4.69) is 19.1 Å². The maximum atomic E-state index is 10.4. The number of carbonyl (C=O) groups is 1. The molecule has 3 heteroatoms. The molecule has 0 fully saturated rings. The van der Waals surface area contributed by atoms with E-state index >= 15 is 0 Å². The molecule has 0 bridgehead atoms. The zero-order chi connectivity index (χ0) is 15.8. The third-order valence-electron chi connectivity index (χ3n) is 3.72. The van der Waals surface area contributed by atoms with Crippen LogP contribution in [0.1, 0.15) is 90.4 Å². The van der Waals surface area contributed by atoms with Crippen molar-refractivity contribution in [3.05, 3.63) is 12.2 Å². The van der Waals surface area contributed by atoms with Crippen LogP contribution >= 0.6 is 0 Å². The maximum absolute atomic E-state index is 10.4. The van der Waals surface area contributed by atoms with Gasteiger partial charge in [-0.15, -0.1) is 0 Å². The summed E-state index contributed by atoms with van der Waals surface area (Å²) in [6.45, 7) is 2.25. The largest absolute Gasteiger partial charge is 0.481 e. The Kier molecular flexibility index (Phi) is 14.9. The number of rotatable bonds is 15. The molecule has 21 heavy (non-hydrogen) atoms. The fourth-order valence-corrected chi connectivity index (χ4v) is 2.40. The van der Waals surface area contributed by atoms with Gasteiger partial charge >= 0.3 is 5.97 Å². The van der Waals surface area contributed by atoms with Crippen LogP contribution in [-0.2, 0) is 4.79 Å². The number of carboxylic acids is 1. The average molecular weight is 298 g/mol. The second-order valence-corrected chi connectivity index (χ2v) is 5.92. The molecule has 1 atom stereocenters. The molecule has 2 N–H and O–H groups in total. The van der Waals surface area contributed by atoms with Crippen LogP contribution in [0.15, 0.2) is 12.2 Å². The third-order valence-corrected chi connectivity index (χ3v) is 3.72. The molecule has 3 nitrogen and oxygen atoms in total. The Labute approximate surface area is 130 Å². The minimum Gasteiger partial charge on any atom is -0.481 e. The molecule has 0 aliphatic heterocycles. The SMILES string of the molecule is CCCCCCCCCCC/C=C/CCC(O)CC(=O)O. The topological polar surface area (TPSA) is 57.5 Å². The number of allylic oxidation sites excluding steroid dienone is 2. The highest BCUT2D eigenvalue weighted by molar-refractivity contribution is 5.67. The van der Waals surface area contributed by atoms with Gasteiger partial charge in [0, 0.05) is 0 Å². The number of hydrogen-bond donors (Lipinski definition) is 2. The quantitative estimate of drug-likeness (QED) is 0.327. The van der Waals surface area contributed by atoms with Crippen molar-refractivity contribution in [3.63, 3.8) is 0 Å². The van der Waals surface area contributed by atoms with Gasteiger partial charge in [0.15, 0.2) is 0 Å². The third kappa shape index (κ3) is 17.1. The molecule has 0 aliphatic carbocycles. The van der Waals surface area contributed by atoms with Crippen LogP contribution in [0.2, 0.25) is 0 Å². The number of carboxylic acid groups (broad SMARTS) is 1. The summed E-state index contributed by atoms with van der Waals surface area (Å²) in [5.41, 5.74) is 0. The first-order valence-corrected chi connectivity index (χ1v) is 8.71. The summed E-state index contributed by atoms with van der Waals surface area (Å²) in [6, 6.07) is 0. The van der Waals surface area contributed by atoms with E-state index in [0.29, 0.717) is 6.42 Å². The first-order chi connectivity index (χ1) is 10.2. The van der Waals surface area contributed by atoms with Gasteiger partial charge in [-0.05, 0) is 25.7 Å². The Bertz CT molecular complexity index is 261. The lowest BCUT2D eigenvalue weighted by Gasteiger charge is -2.04. The molecular formula is C18H34O3. The monoisotopic (exact) mass is 298 g/mol. The summed E-state index contributed by atoms with van der Waals surface area (Å²) < 4.78 is 0. The molecule has 0 aromatic carbocycles. The molecule has 124 valence electrons. The molecule has 0 aromatic heterocycles. The summed E-state index contributed by atoms with van der Waals surface area (Å²) in [4.78, 5) is 10.4. The van der Waals surface area contributed by atoms with E-state index < -0.39 is 12.1 Å². The van der Waals surface area contributed by atoms with E-state index in [1.54, 1.807) is 0 Å². The zero-order valence-electron chi connectivity index (χ0n) is 13.7. The van der Waals surface area contributed by atoms with Crippen LogP contribution in [-0.4, -0.2) is 22.3 Å². The Morgan fingerprint density at radius 1 is 0.905 bits per heavy atom. The van der Waals surface area contributed by atoms with Gasteiger partial charge in [0.2, 0.25) is 0 Å². The summed E-state index contributed by atoms with van der Waals surface area (Å²) in [5, 5.41) is 17.9. The lowest BCUT2D eigenvalue weighted by molar-refractivity contribution is -0.139. The van der Waals surface area contributed by atoms with Gasteiger partial charge in [0.05, 0.1) is 12.5 Å². The van der Waals surface area contributed by atoms with Crippen molar-refractivity contribution in [2.75, 3.05) is 0 Å². The molecule has 0 rings (SSSR count). The van der Waals surface area contributed by atoms with Gasteiger partial charge in [-0.1, -0.05) is 70.4 Å². The molecule has 0 amide bonds. The molecule has 0 saturated heterocycles. The molecule has 0 saturated carbocycles. The highest BCUT2D eigenvalue weighted by atomic mass is 16.4. The zero-order valence-corrected chi connectivity index (χ0v) is 13.7. The van der Waals surface area contributed by atoms with E-state index in [1.165, 1.54) is 57.8 Å². The lowest BCUT2D eigenvalue weighted by atomic mass is 10.1. The second kappa shape index (κ2) is 15.6. The van der Waals surface area contributed by atoms with Gasteiger partial charge in [0.1, 0.15) is 0 Å². The van der Waals surface area contributed by atoms with Crippen LogP contribution in [0.25, 0.3) is 0 Å². The van der Waals surface area contributed by atoms with Gasteiger partial charge < -0.3 is 10.2 Å². The lowest BCUT2D eigenvalue weighted by Crippen LogP contribution is -2.12. The van der Waals surface area contributed by atoms with Crippen LogP contribution < -0.4 is 0 Å². The van der Waals surface area contributed by atoms with E-state index in [1.807, 2.05) is 0 Å². The van der Waals surface area contributed by atoms with E-state index in [-0.39, 0.29) is 6.42 Å². The summed E-state index contributed by atoms with van der Waals surface area (Å²) in [5.74, 6) is -0.929. The standard InChI is InChI=1S/C18H34O3/c1-2-3-4-5-6-7-8-9-10-11-12-13-14-15-17(19)16-18(20)21/h12-13,17,19H,2-11,14-16H2,1H3,(H,20,21)/b13-12+. The van der Waals surface area contributed by atoms with Crippen molar-refractivity contribution in [1.29, 1.82) is 0 Å². The summed E-state index contributed by atoms with van der Waals surface area (Å²) >= 11 is 0. The first kappa shape index (κ1) is 20.2. The average Bonchev–Trinajstić information content (AvgIpc) is 2.43. The van der Waals surface area contributed by atoms with Gasteiger partial charge in [0.25, 0.3) is 0 Å². The smallest absolute Gasteiger partial charge is 0.305 e. The summed E-state index contributed by atoms with van der Waals surface area (Å²) in [7, 11) is 0. The second-order valence-electron chi connectivity index (χ2n) is 5.92. The summed E-state index contributed by atoms with van der Waals surface area (Å²) in [6.07, 6.45) is 17.9. The van der Waals surface area contributed by atoms with Crippen LogP contribution in [0, 0.1) is 0 Å². The van der Waals surface area contributed by atoms with Gasteiger partial charge in [-0.25, -0.2) is 0 Å². The molecule has 0 radical (unpaired) electrons. The maximum Gasteiger partial charge on any atom is 0.305 e. The molecule has 0 heterocycles. The van der Waals surface area contributed by atoms with Crippen molar-refractivity contribution in [3.8, 4) is 0 Å². The van der Waals surface area contributed by atoms with Crippen molar-refractivity contribution < 1.29 is 15.0 Å². The normalized spacial score (nSPS) is 12.9. The highest BCUT2D eigenvalue weighted by Crippen LogP contribution is 2.11. The minimum absolute atomic E-state index is 0.147. The predicted molar refractivity (Wildman–Crippen MR) is 88.5 cm³/mol. The van der Waals surface area contributed by atoms with Crippen molar-refractivity contribution >= 4 is 5.97 Å². The van der Waals surface area contributed by atoms with Crippen LogP contribution in [0.3, 0.4) is 0 Å². The molecule has 0 spiro atoms. The van der Waals surface area contributed by atoms with Crippen LogP contribution in [0.4, 0.5) is 0 Å². The Morgan fingerprint density at radius 2 is 1.43 bits per heavy atom. The Morgan fingerprint density at radius 3 is 2.00 bits per heavy atom. The Balaban J connectivity index is 3.20. The van der Waals surface area contributed by atoms with Gasteiger partial charge in [-0.2, -0.15) is 0 Å². The number of hydrogen-bond acceptors (Lipinski definition) is 2. The molecule has 1 unspecified atom stereocenters. The Hall–Kier alpha value is -0.830. The predicted octanol–water partition coefficient (Wildman–Crippen LogP) is 5.08. The fraction of sp³-hybridized carbons (Fsp3) is 0.833.